The van der Waals surface area contributed by atoms with E-state index in [-0.39, 0.29) is 24.9 Å². The molecule has 2 N–H and O–H groups in total. The molecule has 1 saturated heterocycles. The van der Waals surface area contributed by atoms with Gasteiger partial charge in [-0.1, -0.05) is 0 Å². The third-order valence-corrected chi connectivity index (χ3v) is 7.57. The first-order valence-corrected chi connectivity index (χ1v) is 12.8. The summed E-state index contributed by atoms with van der Waals surface area (Å²) in [6.45, 7) is 6.38. The minimum absolute atomic E-state index is 0.117. The molecule has 0 radical (unpaired) electrons. The molecule has 0 aromatic heterocycles. The molecule has 0 aliphatic carbocycles. The molecule has 0 unspecified atom stereocenters. The molecular formula is C24H32N4O5S. The van der Waals surface area contributed by atoms with Crippen molar-refractivity contribution in [3.8, 4) is 5.75 Å². The second kappa shape index (κ2) is 11.3. The van der Waals surface area contributed by atoms with E-state index in [1.165, 1.54) is 15.5 Å². The average Bonchev–Trinajstić information content (AvgIpc) is 2.82. The molecule has 2 aromatic rings. The summed E-state index contributed by atoms with van der Waals surface area (Å²) < 4.78 is 35.1. The van der Waals surface area contributed by atoms with Crippen LogP contribution in [-0.4, -0.2) is 50.8 Å². The Morgan fingerprint density at radius 1 is 1.03 bits per heavy atom. The number of benzene rings is 2. The minimum atomic E-state index is -3.80. The molecular weight excluding hydrogens is 456 g/mol. The smallest absolute Gasteiger partial charge is 0.304 e. The van der Waals surface area contributed by atoms with Crippen LogP contribution in [0, 0.1) is 5.92 Å². The fraction of sp³-hybridized carbons (Fsp3) is 0.417. The number of ether oxygens (including phenoxy) is 1. The summed E-state index contributed by atoms with van der Waals surface area (Å²) in [6.07, 6.45) is 1.20. The SMILES string of the molecule is CCOc1ccc(N(CC)S(=O)(=O)N2CCC[C@@H](C(=O)Nc3ccc(NC(C)=O)cc3)C2)cc1. The zero-order valence-electron chi connectivity index (χ0n) is 19.8. The van der Waals surface area contributed by atoms with Gasteiger partial charge in [-0.3, -0.25) is 13.9 Å². The number of anilines is 3. The number of nitrogens with zero attached hydrogens (tertiary/aromatic N) is 2. The lowest BCUT2D eigenvalue weighted by Gasteiger charge is -2.35. The number of amides is 2. The summed E-state index contributed by atoms with van der Waals surface area (Å²) >= 11 is 0. The summed E-state index contributed by atoms with van der Waals surface area (Å²) in [5, 5.41) is 5.53. The normalized spacial score (nSPS) is 16.5. The van der Waals surface area contributed by atoms with Gasteiger partial charge in [0.15, 0.2) is 0 Å². The van der Waals surface area contributed by atoms with Crippen molar-refractivity contribution in [2.75, 3.05) is 41.2 Å². The maximum atomic E-state index is 13.4. The monoisotopic (exact) mass is 488 g/mol. The van der Waals surface area contributed by atoms with Gasteiger partial charge < -0.3 is 15.4 Å². The topological polar surface area (TPSA) is 108 Å². The standard InChI is InChI=1S/C24H32N4O5S/c1-4-28(22-12-14-23(15-13-22)33-5-2)34(31,32)27-16-6-7-19(17-27)24(30)26-21-10-8-20(9-11-21)25-18(3)29/h8-15,19H,4-7,16-17H2,1-3H3,(H,25,29)(H,26,30)/t19-/m1/s1. The number of carbonyl (C=O) groups excluding carboxylic acids is 2. The number of nitrogens with one attached hydrogen (secondary N) is 2. The molecule has 184 valence electrons. The van der Waals surface area contributed by atoms with Crippen molar-refractivity contribution in [3.63, 3.8) is 0 Å². The summed E-state index contributed by atoms with van der Waals surface area (Å²) in [5.41, 5.74) is 1.77. The van der Waals surface area contributed by atoms with Gasteiger partial charge in [-0.2, -0.15) is 12.7 Å². The molecule has 0 bridgehead atoms. The van der Waals surface area contributed by atoms with Crippen molar-refractivity contribution in [2.24, 2.45) is 5.92 Å². The van der Waals surface area contributed by atoms with Gasteiger partial charge in [0.05, 0.1) is 18.2 Å². The van der Waals surface area contributed by atoms with E-state index < -0.39 is 16.1 Å². The first kappa shape index (κ1) is 25.5. The Labute approximate surface area is 201 Å². The van der Waals surface area contributed by atoms with Gasteiger partial charge in [-0.05, 0) is 75.2 Å². The van der Waals surface area contributed by atoms with Crippen LogP contribution >= 0.6 is 0 Å². The first-order valence-electron chi connectivity index (χ1n) is 11.4. The largest absolute Gasteiger partial charge is 0.494 e. The zero-order chi connectivity index (χ0) is 24.7. The van der Waals surface area contributed by atoms with E-state index >= 15 is 0 Å². The predicted molar refractivity (Wildman–Crippen MR) is 133 cm³/mol. The highest BCUT2D eigenvalue weighted by Crippen LogP contribution is 2.27. The second-order valence-corrected chi connectivity index (χ2v) is 9.90. The van der Waals surface area contributed by atoms with Crippen LogP contribution in [0.2, 0.25) is 0 Å². The van der Waals surface area contributed by atoms with Gasteiger partial charge in [0.25, 0.3) is 0 Å². The average molecular weight is 489 g/mol. The Hall–Kier alpha value is -3.11. The van der Waals surface area contributed by atoms with Crippen LogP contribution in [0.5, 0.6) is 5.75 Å². The third kappa shape index (κ3) is 6.27. The first-order chi connectivity index (χ1) is 16.2. The van der Waals surface area contributed by atoms with Crippen molar-refractivity contribution >= 4 is 39.1 Å². The van der Waals surface area contributed by atoms with Gasteiger partial charge in [0, 0.05) is 37.9 Å². The second-order valence-electron chi connectivity index (χ2n) is 8.04. The summed E-state index contributed by atoms with van der Waals surface area (Å²) in [4.78, 5) is 24.0. The zero-order valence-corrected chi connectivity index (χ0v) is 20.6. The van der Waals surface area contributed by atoms with E-state index in [2.05, 4.69) is 10.6 Å². The maximum absolute atomic E-state index is 13.4. The fourth-order valence-corrected chi connectivity index (χ4v) is 5.67. The molecule has 1 aliphatic rings. The van der Waals surface area contributed by atoms with Gasteiger partial charge in [-0.15, -0.1) is 0 Å². The van der Waals surface area contributed by atoms with Crippen LogP contribution in [0.4, 0.5) is 17.1 Å². The molecule has 0 saturated carbocycles. The number of piperidine rings is 1. The highest BCUT2D eigenvalue weighted by Gasteiger charge is 2.35. The molecule has 3 rings (SSSR count). The molecule has 10 heteroatoms. The van der Waals surface area contributed by atoms with Crippen molar-refractivity contribution in [1.82, 2.24) is 4.31 Å². The van der Waals surface area contributed by atoms with Gasteiger partial charge >= 0.3 is 10.2 Å². The summed E-state index contributed by atoms with van der Waals surface area (Å²) in [6, 6.07) is 13.8. The molecule has 34 heavy (non-hydrogen) atoms. The molecule has 9 nitrogen and oxygen atoms in total. The van der Waals surface area contributed by atoms with Crippen LogP contribution in [0.3, 0.4) is 0 Å². The Morgan fingerprint density at radius 2 is 1.65 bits per heavy atom. The van der Waals surface area contributed by atoms with E-state index in [1.807, 2.05) is 6.92 Å². The Morgan fingerprint density at radius 3 is 2.21 bits per heavy atom. The molecule has 2 aromatic carbocycles. The molecule has 0 spiro atoms. The molecule has 1 atom stereocenters. The molecule has 1 aliphatic heterocycles. The van der Waals surface area contributed by atoms with Crippen molar-refractivity contribution < 1.29 is 22.7 Å². The van der Waals surface area contributed by atoms with Crippen LogP contribution in [0.25, 0.3) is 0 Å². The Kier molecular flexibility index (Phi) is 8.51. The summed E-state index contributed by atoms with van der Waals surface area (Å²) in [5.74, 6) is -0.181. The molecule has 2 amide bonds. The summed E-state index contributed by atoms with van der Waals surface area (Å²) in [7, 11) is -3.80. The maximum Gasteiger partial charge on any atom is 0.304 e. The number of hydrogen-bond acceptors (Lipinski definition) is 5. The van der Waals surface area contributed by atoms with E-state index in [4.69, 9.17) is 4.74 Å². The Balaban J connectivity index is 1.68. The van der Waals surface area contributed by atoms with Crippen LogP contribution in [0.1, 0.15) is 33.6 Å². The van der Waals surface area contributed by atoms with Crippen molar-refractivity contribution in [3.05, 3.63) is 48.5 Å². The minimum Gasteiger partial charge on any atom is -0.494 e. The number of carbonyl (C=O) groups is 2. The lowest BCUT2D eigenvalue weighted by atomic mass is 9.98. The van der Waals surface area contributed by atoms with Crippen molar-refractivity contribution in [2.45, 2.75) is 33.6 Å². The molecule has 1 heterocycles. The van der Waals surface area contributed by atoms with E-state index in [9.17, 15) is 18.0 Å². The Bertz CT molecular complexity index is 1090. The highest BCUT2D eigenvalue weighted by atomic mass is 32.2. The number of hydrogen-bond donors (Lipinski definition) is 2. The van der Waals surface area contributed by atoms with Gasteiger partial charge in [-0.25, -0.2) is 0 Å². The molecule has 1 fully saturated rings. The van der Waals surface area contributed by atoms with Crippen molar-refractivity contribution in [1.29, 1.82) is 0 Å². The van der Waals surface area contributed by atoms with Gasteiger partial charge in [0.1, 0.15) is 5.75 Å². The lowest BCUT2D eigenvalue weighted by molar-refractivity contribution is -0.121. The van der Waals surface area contributed by atoms with E-state index in [0.717, 1.165) is 0 Å². The predicted octanol–water partition coefficient (Wildman–Crippen LogP) is 3.47. The quantitative estimate of drug-likeness (QED) is 0.562. The van der Waals surface area contributed by atoms with E-state index in [1.54, 1.807) is 55.5 Å². The van der Waals surface area contributed by atoms with E-state index in [0.29, 0.717) is 48.8 Å². The van der Waals surface area contributed by atoms with Crippen LogP contribution in [-0.2, 0) is 19.8 Å². The van der Waals surface area contributed by atoms with Gasteiger partial charge in [0.2, 0.25) is 11.8 Å². The lowest BCUT2D eigenvalue weighted by Crippen LogP contribution is -2.50. The van der Waals surface area contributed by atoms with Crippen LogP contribution in [0.15, 0.2) is 48.5 Å². The highest BCUT2D eigenvalue weighted by molar-refractivity contribution is 7.90. The fourth-order valence-electron chi connectivity index (χ4n) is 3.94. The third-order valence-electron chi connectivity index (χ3n) is 5.56. The number of rotatable bonds is 9. The van der Waals surface area contributed by atoms with Crippen LogP contribution < -0.4 is 19.7 Å².